The summed E-state index contributed by atoms with van der Waals surface area (Å²) >= 11 is 0. The second kappa shape index (κ2) is 6.82. The average molecular weight is 396 g/mol. The number of hydrogen-bond donors (Lipinski definition) is 0. The lowest BCUT2D eigenvalue weighted by molar-refractivity contribution is -0.385. The van der Waals surface area contributed by atoms with Crippen molar-refractivity contribution in [1.82, 2.24) is 4.90 Å². The van der Waals surface area contributed by atoms with Crippen molar-refractivity contribution in [2.45, 2.75) is 12.5 Å². The van der Waals surface area contributed by atoms with Crippen molar-refractivity contribution in [3.8, 4) is 0 Å². The van der Waals surface area contributed by atoms with E-state index >= 15 is 0 Å². The standard InChI is InChI=1S/C19H12N2O8/c22-15-7-5-10-4-6-11(8-14(10)29-15)28-16(23)9-20-18(24)12-2-1-3-13(21(26)27)17(12)19(20)25/h1-6,8,14H,7,9H2. The quantitative estimate of drug-likeness (QED) is 0.323. The Morgan fingerprint density at radius 3 is 2.79 bits per heavy atom. The van der Waals surface area contributed by atoms with E-state index < -0.39 is 47.0 Å². The molecule has 1 aliphatic carbocycles. The van der Waals surface area contributed by atoms with E-state index in [1.807, 2.05) is 0 Å². The first-order valence-electron chi connectivity index (χ1n) is 8.49. The van der Waals surface area contributed by atoms with Crippen molar-refractivity contribution < 1.29 is 33.6 Å². The zero-order chi connectivity index (χ0) is 20.7. The fourth-order valence-corrected chi connectivity index (χ4v) is 3.22. The lowest BCUT2D eigenvalue weighted by Gasteiger charge is -2.23. The van der Waals surface area contributed by atoms with Crippen LogP contribution in [0.4, 0.5) is 5.69 Å². The summed E-state index contributed by atoms with van der Waals surface area (Å²) < 4.78 is 10.3. The molecule has 1 aromatic carbocycles. The number of carbonyl (C=O) groups excluding carboxylic acids is 4. The highest BCUT2D eigenvalue weighted by Crippen LogP contribution is 2.31. The molecule has 0 N–H and O–H groups in total. The molecular formula is C19H12N2O8. The zero-order valence-corrected chi connectivity index (χ0v) is 14.7. The van der Waals surface area contributed by atoms with E-state index in [0.29, 0.717) is 4.90 Å². The van der Waals surface area contributed by atoms with E-state index in [0.717, 1.165) is 11.6 Å². The highest BCUT2D eigenvalue weighted by molar-refractivity contribution is 6.24. The maximum Gasteiger partial charge on any atom is 0.331 e. The van der Waals surface area contributed by atoms with Gasteiger partial charge in [-0.2, -0.15) is 0 Å². The highest BCUT2D eigenvalue weighted by Gasteiger charge is 2.42. The van der Waals surface area contributed by atoms with Crippen LogP contribution in [-0.4, -0.2) is 46.2 Å². The molecule has 1 aromatic rings. The van der Waals surface area contributed by atoms with Gasteiger partial charge in [0.15, 0.2) is 0 Å². The number of fused-ring (bicyclic) bond motifs is 2. The van der Waals surface area contributed by atoms with Crippen LogP contribution in [-0.2, 0) is 19.1 Å². The summed E-state index contributed by atoms with van der Waals surface area (Å²) in [5.41, 5.74) is -0.251. The fraction of sp³-hybridized carbons (Fsp3) is 0.158. The van der Waals surface area contributed by atoms with Crippen LogP contribution in [0.25, 0.3) is 0 Å². The number of ether oxygens (including phenoxy) is 2. The van der Waals surface area contributed by atoms with Crippen molar-refractivity contribution in [3.63, 3.8) is 0 Å². The Morgan fingerprint density at radius 1 is 1.24 bits per heavy atom. The van der Waals surface area contributed by atoms with Crippen LogP contribution in [0.5, 0.6) is 0 Å². The van der Waals surface area contributed by atoms with E-state index in [9.17, 15) is 29.3 Å². The molecule has 0 fully saturated rings. The number of imide groups is 1. The van der Waals surface area contributed by atoms with Gasteiger partial charge in [0, 0.05) is 12.1 Å². The molecule has 0 saturated heterocycles. The van der Waals surface area contributed by atoms with Gasteiger partial charge in [-0.1, -0.05) is 18.2 Å². The summed E-state index contributed by atoms with van der Waals surface area (Å²) in [6.07, 6.45) is 5.73. The molecule has 2 amide bonds. The predicted molar refractivity (Wildman–Crippen MR) is 94.4 cm³/mol. The van der Waals surface area contributed by atoms with Crippen molar-refractivity contribution in [2.24, 2.45) is 0 Å². The molecule has 10 heteroatoms. The Bertz CT molecular complexity index is 1080. The van der Waals surface area contributed by atoms with Crippen molar-refractivity contribution in [2.75, 3.05) is 6.54 Å². The van der Waals surface area contributed by atoms with Crippen LogP contribution in [0.15, 0.2) is 53.8 Å². The van der Waals surface area contributed by atoms with E-state index in [1.54, 1.807) is 12.2 Å². The smallest absolute Gasteiger partial charge is 0.331 e. The first-order chi connectivity index (χ1) is 13.8. The minimum atomic E-state index is -0.936. The Labute approximate surface area is 162 Å². The fourth-order valence-electron chi connectivity index (χ4n) is 3.22. The number of rotatable bonds is 4. The monoisotopic (exact) mass is 396 g/mol. The zero-order valence-electron chi connectivity index (χ0n) is 14.7. The largest absolute Gasteiger partial charge is 0.453 e. The van der Waals surface area contributed by atoms with Gasteiger partial charge in [0.25, 0.3) is 17.5 Å². The lowest BCUT2D eigenvalue weighted by Crippen LogP contribution is -2.35. The van der Waals surface area contributed by atoms with Crippen molar-refractivity contribution in [3.05, 3.63) is 75.1 Å². The number of esters is 2. The van der Waals surface area contributed by atoms with E-state index in [-0.39, 0.29) is 23.3 Å². The number of hydrogen-bond acceptors (Lipinski definition) is 8. The van der Waals surface area contributed by atoms with Gasteiger partial charge in [0.05, 0.1) is 16.9 Å². The average Bonchev–Trinajstić information content (AvgIpc) is 2.92. The summed E-state index contributed by atoms with van der Waals surface area (Å²) in [6.45, 7) is -0.720. The molecule has 0 spiro atoms. The van der Waals surface area contributed by atoms with Crippen LogP contribution in [0.2, 0.25) is 0 Å². The molecule has 1 unspecified atom stereocenters. The van der Waals surface area contributed by atoms with E-state index in [1.165, 1.54) is 24.3 Å². The second-order valence-electron chi connectivity index (χ2n) is 6.35. The summed E-state index contributed by atoms with van der Waals surface area (Å²) in [4.78, 5) is 59.5. The summed E-state index contributed by atoms with van der Waals surface area (Å²) in [7, 11) is 0. The molecule has 4 rings (SSSR count). The number of benzene rings is 1. The molecule has 3 aliphatic rings. The molecule has 2 aliphatic heterocycles. The number of nitrogens with zero attached hydrogens (tertiary/aromatic N) is 2. The first kappa shape index (κ1) is 18.3. The van der Waals surface area contributed by atoms with Crippen LogP contribution in [0.3, 0.4) is 0 Å². The molecule has 2 heterocycles. The molecule has 146 valence electrons. The Balaban J connectivity index is 1.48. The third kappa shape index (κ3) is 3.20. The summed E-state index contributed by atoms with van der Waals surface area (Å²) in [5.74, 6) is -3.00. The van der Waals surface area contributed by atoms with Gasteiger partial charge in [-0.05, 0) is 17.7 Å². The number of nitro groups is 1. The summed E-state index contributed by atoms with van der Waals surface area (Å²) in [5, 5.41) is 11.1. The van der Waals surface area contributed by atoms with Gasteiger partial charge < -0.3 is 9.47 Å². The molecule has 0 aromatic heterocycles. The first-order valence-corrected chi connectivity index (χ1v) is 8.49. The second-order valence-corrected chi connectivity index (χ2v) is 6.35. The third-order valence-electron chi connectivity index (χ3n) is 4.54. The van der Waals surface area contributed by atoms with Crippen LogP contribution in [0, 0.1) is 10.1 Å². The van der Waals surface area contributed by atoms with Crippen LogP contribution >= 0.6 is 0 Å². The number of allylic oxidation sites excluding steroid dienone is 1. The number of carbonyl (C=O) groups is 4. The number of amides is 2. The van der Waals surface area contributed by atoms with E-state index in [2.05, 4.69) is 0 Å². The van der Waals surface area contributed by atoms with E-state index in [4.69, 9.17) is 9.47 Å². The molecular weight excluding hydrogens is 384 g/mol. The van der Waals surface area contributed by atoms with Gasteiger partial charge in [0.1, 0.15) is 24.0 Å². The molecule has 10 nitrogen and oxygen atoms in total. The Hall–Kier alpha value is -4.08. The van der Waals surface area contributed by atoms with Crippen molar-refractivity contribution >= 4 is 29.4 Å². The molecule has 0 saturated carbocycles. The Kier molecular flexibility index (Phi) is 4.30. The lowest BCUT2D eigenvalue weighted by atomic mass is 10.0. The third-order valence-corrected chi connectivity index (χ3v) is 4.54. The van der Waals surface area contributed by atoms with Gasteiger partial charge >= 0.3 is 11.9 Å². The topological polar surface area (TPSA) is 133 Å². The van der Waals surface area contributed by atoms with Gasteiger partial charge in [-0.3, -0.25) is 29.4 Å². The maximum absolute atomic E-state index is 12.5. The molecule has 29 heavy (non-hydrogen) atoms. The minimum Gasteiger partial charge on any atom is -0.453 e. The predicted octanol–water partition coefficient (Wildman–Crippen LogP) is 1.43. The highest BCUT2D eigenvalue weighted by atomic mass is 16.6. The van der Waals surface area contributed by atoms with Gasteiger partial charge in [-0.25, -0.2) is 4.79 Å². The molecule has 0 bridgehead atoms. The summed E-state index contributed by atoms with van der Waals surface area (Å²) in [6, 6.07) is 3.68. The van der Waals surface area contributed by atoms with Gasteiger partial charge in [-0.15, -0.1) is 0 Å². The van der Waals surface area contributed by atoms with Crippen molar-refractivity contribution in [1.29, 1.82) is 0 Å². The molecule has 1 atom stereocenters. The van der Waals surface area contributed by atoms with Crippen LogP contribution in [0.1, 0.15) is 27.1 Å². The van der Waals surface area contributed by atoms with Crippen LogP contribution < -0.4 is 0 Å². The minimum absolute atomic E-state index is 0.0921. The SMILES string of the molecule is O=C(CN1C(=O)c2cccc([N+](=O)[O-])c2C1=O)OC1=CC2OC(=O)CC=C2C=C1. The molecule has 0 radical (unpaired) electrons. The van der Waals surface area contributed by atoms with Gasteiger partial charge in [0.2, 0.25) is 0 Å². The maximum atomic E-state index is 12.5. The normalized spacial score (nSPS) is 19.8. The number of nitro benzene ring substituents is 1. The Morgan fingerprint density at radius 2 is 2.03 bits per heavy atom.